The van der Waals surface area contributed by atoms with Gasteiger partial charge in [-0.1, -0.05) is 30.0 Å². The van der Waals surface area contributed by atoms with Gasteiger partial charge >= 0.3 is 5.97 Å². The molecular formula is C23H27N5O5S2. The average Bonchev–Trinajstić information content (AvgIpc) is 3.09. The molecule has 0 spiro atoms. The van der Waals surface area contributed by atoms with Crippen molar-refractivity contribution in [2.45, 2.75) is 19.8 Å². The molecule has 186 valence electrons. The quantitative estimate of drug-likeness (QED) is 0.390. The number of piperazine rings is 1. The maximum absolute atomic E-state index is 13.6. The summed E-state index contributed by atoms with van der Waals surface area (Å²) in [6, 6.07) is 3.68. The first-order valence-electron chi connectivity index (χ1n) is 11.4. The van der Waals surface area contributed by atoms with E-state index in [2.05, 4.69) is 4.90 Å². The number of aliphatic carboxylic acids is 1. The Morgan fingerprint density at radius 2 is 1.97 bits per heavy atom. The number of thioether (sulfide) groups is 1. The maximum atomic E-state index is 13.6. The van der Waals surface area contributed by atoms with Crippen molar-refractivity contribution in [3.8, 4) is 0 Å². The number of rotatable bonds is 8. The van der Waals surface area contributed by atoms with Crippen molar-refractivity contribution in [2.24, 2.45) is 0 Å². The van der Waals surface area contributed by atoms with Gasteiger partial charge in [0.05, 0.1) is 17.1 Å². The number of carbonyl (C=O) groups is 2. The van der Waals surface area contributed by atoms with E-state index < -0.39 is 5.97 Å². The maximum Gasteiger partial charge on any atom is 0.303 e. The highest BCUT2D eigenvalue weighted by atomic mass is 32.2. The summed E-state index contributed by atoms with van der Waals surface area (Å²) in [5, 5.41) is 18.1. The van der Waals surface area contributed by atoms with Gasteiger partial charge in [0.1, 0.15) is 15.8 Å². The van der Waals surface area contributed by atoms with Crippen LogP contribution in [0.3, 0.4) is 0 Å². The first-order valence-corrected chi connectivity index (χ1v) is 12.6. The highest BCUT2D eigenvalue weighted by Gasteiger charge is 2.33. The van der Waals surface area contributed by atoms with Crippen LogP contribution in [0.1, 0.15) is 24.0 Å². The van der Waals surface area contributed by atoms with Crippen molar-refractivity contribution in [3.05, 3.63) is 44.7 Å². The molecule has 1 amide bonds. The first kappa shape index (κ1) is 25.3. The molecule has 2 N–H and O–H groups in total. The zero-order valence-corrected chi connectivity index (χ0v) is 21.0. The van der Waals surface area contributed by atoms with Crippen LogP contribution in [-0.4, -0.2) is 91.5 Å². The normalized spacial score (nSPS) is 18.3. The number of β-amino-alcohol motifs (C(OH)–C–C–N with tert-alkyl or cyclic N) is 1. The molecule has 0 unspecified atom stereocenters. The van der Waals surface area contributed by atoms with Gasteiger partial charge in [0, 0.05) is 51.9 Å². The third-order valence-electron chi connectivity index (χ3n) is 6.07. The lowest BCUT2D eigenvalue weighted by Crippen LogP contribution is -2.48. The number of carboxylic acid groups (broad SMARTS) is 1. The molecule has 0 aromatic carbocycles. The summed E-state index contributed by atoms with van der Waals surface area (Å²) in [5.41, 5.74) is 1.46. The van der Waals surface area contributed by atoms with E-state index in [1.807, 2.05) is 17.9 Å². The Labute approximate surface area is 211 Å². The van der Waals surface area contributed by atoms with E-state index in [1.54, 1.807) is 18.3 Å². The number of amides is 1. The number of carbonyl (C=O) groups excluding carboxylic acids is 1. The van der Waals surface area contributed by atoms with Crippen LogP contribution in [0.15, 0.2) is 28.0 Å². The van der Waals surface area contributed by atoms with Gasteiger partial charge in [-0.3, -0.25) is 28.6 Å². The van der Waals surface area contributed by atoms with Crippen LogP contribution < -0.4 is 10.5 Å². The molecule has 0 atom stereocenters. The van der Waals surface area contributed by atoms with Crippen molar-refractivity contribution in [1.82, 2.24) is 19.2 Å². The molecule has 0 radical (unpaired) electrons. The molecule has 35 heavy (non-hydrogen) atoms. The zero-order chi connectivity index (χ0) is 25.1. The number of nitrogens with zero attached hydrogens (tertiary/aromatic N) is 5. The Kier molecular flexibility index (Phi) is 7.85. The minimum absolute atomic E-state index is 0.0577. The number of aliphatic hydroxyl groups is 1. The molecule has 4 heterocycles. The molecule has 2 aromatic heterocycles. The van der Waals surface area contributed by atoms with E-state index >= 15 is 0 Å². The second-order valence-corrected chi connectivity index (χ2v) is 10.1. The van der Waals surface area contributed by atoms with Gasteiger partial charge in [-0.15, -0.1) is 0 Å². The summed E-state index contributed by atoms with van der Waals surface area (Å²) >= 11 is 6.46. The lowest BCUT2D eigenvalue weighted by molar-refractivity contribution is -0.137. The van der Waals surface area contributed by atoms with Crippen LogP contribution in [0.5, 0.6) is 0 Å². The number of fused-ring (bicyclic) bond motifs is 1. The Bertz CT molecular complexity index is 1250. The molecule has 4 rings (SSSR count). The lowest BCUT2D eigenvalue weighted by atomic mass is 10.2. The minimum Gasteiger partial charge on any atom is -0.481 e. The predicted molar refractivity (Wildman–Crippen MR) is 139 cm³/mol. The summed E-state index contributed by atoms with van der Waals surface area (Å²) in [6.45, 7) is 5.50. The van der Waals surface area contributed by atoms with Crippen molar-refractivity contribution < 1.29 is 19.8 Å². The van der Waals surface area contributed by atoms with Crippen LogP contribution >= 0.6 is 24.0 Å². The number of pyridine rings is 1. The molecule has 12 heteroatoms. The molecule has 2 saturated heterocycles. The topological polar surface area (TPSA) is 119 Å². The van der Waals surface area contributed by atoms with Gasteiger partial charge < -0.3 is 15.1 Å². The summed E-state index contributed by atoms with van der Waals surface area (Å²) in [6.07, 6.45) is 3.46. The van der Waals surface area contributed by atoms with Crippen LogP contribution in [0.2, 0.25) is 0 Å². The van der Waals surface area contributed by atoms with Crippen molar-refractivity contribution in [1.29, 1.82) is 0 Å². The van der Waals surface area contributed by atoms with Crippen molar-refractivity contribution >= 4 is 57.7 Å². The Morgan fingerprint density at radius 3 is 2.66 bits per heavy atom. The van der Waals surface area contributed by atoms with E-state index in [9.17, 15) is 19.5 Å². The summed E-state index contributed by atoms with van der Waals surface area (Å²) in [4.78, 5) is 48.2. The molecule has 2 aliphatic heterocycles. The predicted octanol–water partition coefficient (Wildman–Crippen LogP) is 1.18. The van der Waals surface area contributed by atoms with Crippen LogP contribution in [-0.2, 0) is 9.59 Å². The van der Waals surface area contributed by atoms with Crippen LogP contribution in [0.4, 0.5) is 5.82 Å². The SMILES string of the molecule is Cc1cccn2c(=O)c(/C=C3/SC(=S)N(CCCC(=O)O)C3=O)c(N3CCN(CCO)CC3)nc12. The van der Waals surface area contributed by atoms with Gasteiger partial charge in [0.2, 0.25) is 0 Å². The van der Waals surface area contributed by atoms with E-state index in [0.29, 0.717) is 45.9 Å². The number of carboxylic acids is 1. The second-order valence-electron chi connectivity index (χ2n) is 8.42. The fraction of sp³-hybridized carbons (Fsp3) is 0.435. The minimum atomic E-state index is -0.930. The molecule has 2 aliphatic rings. The van der Waals surface area contributed by atoms with E-state index in [1.165, 1.54) is 9.30 Å². The molecule has 10 nitrogen and oxygen atoms in total. The number of hydrogen-bond acceptors (Lipinski definition) is 9. The number of aliphatic hydroxyl groups excluding tert-OH is 1. The number of aromatic nitrogens is 2. The molecule has 2 aromatic rings. The fourth-order valence-electron chi connectivity index (χ4n) is 4.20. The molecule has 0 saturated carbocycles. The zero-order valence-electron chi connectivity index (χ0n) is 19.3. The molecule has 2 fully saturated rings. The smallest absolute Gasteiger partial charge is 0.303 e. The average molecular weight is 518 g/mol. The Balaban J connectivity index is 1.72. The summed E-state index contributed by atoms with van der Waals surface area (Å²) in [7, 11) is 0. The van der Waals surface area contributed by atoms with Crippen LogP contribution in [0, 0.1) is 6.92 Å². The Hall–Kier alpha value is -2.80. The highest BCUT2D eigenvalue weighted by molar-refractivity contribution is 8.26. The summed E-state index contributed by atoms with van der Waals surface area (Å²) < 4.78 is 1.83. The largest absolute Gasteiger partial charge is 0.481 e. The Morgan fingerprint density at radius 1 is 1.23 bits per heavy atom. The second kappa shape index (κ2) is 10.9. The van der Waals surface area contributed by atoms with Gasteiger partial charge in [0.15, 0.2) is 0 Å². The van der Waals surface area contributed by atoms with Crippen LogP contribution in [0.25, 0.3) is 11.7 Å². The van der Waals surface area contributed by atoms with Gasteiger partial charge in [0.25, 0.3) is 11.5 Å². The first-order chi connectivity index (χ1) is 16.8. The lowest BCUT2D eigenvalue weighted by Gasteiger charge is -2.35. The van der Waals surface area contributed by atoms with E-state index in [0.717, 1.165) is 30.4 Å². The number of aryl methyl sites for hydroxylation is 1. The number of thiocarbonyl (C=S) groups is 1. The summed E-state index contributed by atoms with van der Waals surface area (Å²) in [5.74, 6) is -0.748. The fourth-order valence-corrected chi connectivity index (χ4v) is 5.50. The van der Waals surface area contributed by atoms with E-state index in [-0.39, 0.29) is 37.5 Å². The third kappa shape index (κ3) is 5.40. The van der Waals surface area contributed by atoms with Gasteiger partial charge in [-0.2, -0.15) is 0 Å². The number of anilines is 1. The molecule has 0 bridgehead atoms. The van der Waals surface area contributed by atoms with Gasteiger partial charge in [-0.25, -0.2) is 4.98 Å². The number of hydrogen-bond donors (Lipinski definition) is 2. The van der Waals surface area contributed by atoms with Crippen molar-refractivity contribution in [2.75, 3.05) is 50.8 Å². The third-order valence-corrected chi connectivity index (χ3v) is 7.45. The van der Waals surface area contributed by atoms with E-state index in [4.69, 9.17) is 22.3 Å². The monoisotopic (exact) mass is 517 g/mol. The van der Waals surface area contributed by atoms with Gasteiger partial charge in [-0.05, 0) is 31.1 Å². The molecule has 0 aliphatic carbocycles. The standard InChI is InChI=1S/C23H27N5O5S2/c1-15-4-2-6-27-19(15)24-20(26-10-8-25(9-11-26)12-13-29)16(21(27)32)14-17-22(33)28(23(34)35-17)7-3-5-18(30)31/h2,4,6,14,29H,3,5,7-13H2,1H3,(H,30,31)/b17-14+. The molecular weight excluding hydrogens is 490 g/mol. The highest BCUT2D eigenvalue weighted by Crippen LogP contribution is 2.34. The van der Waals surface area contributed by atoms with Crippen molar-refractivity contribution in [3.63, 3.8) is 0 Å².